The van der Waals surface area contributed by atoms with Gasteiger partial charge in [0.25, 0.3) is 0 Å². The van der Waals surface area contributed by atoms with Crippen LogP contribution in [0.1, 0.15) is 59.8 Å². The van der Waals surface area contributed by atoms with E-state index in [0.29, 0.717) is 25.4 Å². The molecule has 0 amide bonds. The molecule has 108 valence electrons. The normalized spacial score (nSPS) is 24.0. The highest BCUT2D eigenvalue weighted by atomic mass is 28.4. The maximum Gasteiger partial charge on any atom is 0.504 e. The maximum atomic E-state index is 6.02. The van der Waals surface area contributed by atoms with Gasteiger partial charge in [0, 0.05) is 25.4 Å². The van der Waals surface area contributed by atoms with Crippen LogP contribution in [-0.4, -0.2) is 28.6 Å². The lowest BCUT2D eigenvalue weighted by Gasteiger charge is -2.45. The van der Waals surface area contributed by atoms with Crippen molar-refractivity contribution in [3.8, 4) is 0 Å². The number of rotatable bonds is 10. The van der Waals surface area contributed by atoms with E-state index < -0.39 is 8.80 Å². The second-order valence-electron chi connectivity index (χ2n) is 4.99. The van der Waals surface area contributed by atoms with Crippen LogP contribution in [0.4, 0.5) is 0 Å². The standard InChI is InChI=1S/C14H30O3Si/c1-5-9-10-13-11-12-14(13)18(15-6-2,16-7-3)17-8-4/h13-14H,5-12H2,1-4H3. The average Bonchev–Trinajstić information content (AvgIpc) is 2.29. The summed E-state index contributed by atoms with van der Waals surface area (Å²) in [5.74, 6) is 0.765. The van der Waals surface area contributed by atoms with E-state index >= 15 is 0 Å². The van der Waals surface area contributed by atoms with Crippen molar-refractivity contribution in [3.63, 3.8) is 0 Å². The lowest BCUT2D eigenvalue weighted by atomic mass is 9.81. The van der Waals surface area contributed by atoms with Crippen LogP contribution in [0.15, 0.2) is 0 Å². The van der Waals surface area contributed by atoms with Crippen molar-refractivity contribution in [3.05, 3.63) is 0 Å². The van der Waals surface area contributed by atoms with Crippen LogP contribution in [0, 0.1) is 5.92 Å². The van der Waals surface area contributed by atoms with Crippen molar-refractivity contribution in [1.82, 2.24) is 0 Å². The molecule has 1 aliphatic rings. The Balaban J connectivity index is 2.67. The fraction of sp³-hybridized carbons (Fsp3) is 1.00. The summed E-state index contributed by atoms with van der Waals surface area (Å²) < 4.78 is 18.1. The van der Waals surface area contributed by atoms with Gasteiger partial charge in [0.05, 0.1) is 0 Å². The minimum atomic E-state index is -2.43. The smallest absolute Gasteiger partial charge is 0.374 e. The number of hydrogen-bond acceptors (Lipinski definition) is 3. The zero-order valence-electron chi connectivity index (χ0n) is 12.5. The van der Waals surface area contributed by atoms with E-state index in [2.05, 4.69) is 6.92 Å². The van der Waals surface area contributed by atoms with Gasteiger partial charge >= 0.3 is 8.80 Å². The van der Waals surface area contributed by atoms with Gasteiger partial charge in [0.15, 0.2) is 0 Å². The van der Waals surface area contributed by atoms with Gasteiger partial charge in [-0.05, 0) is 39.5 Å². The van der Waals surface area contributed by atoms with E-state index in [0.717, 1.165) is 5.92 Å². The fourth-order valence-electron chi connectivity index (χ4n) is 2.90. The Morgan fingerprint density at radius 2 is 1.44 bits per heavy atom. The molecule has 0 saturated heterocycles. The largest absolute Gasteiger partial charge is 0.504 e. The summed E-state index contributed by atoms with van der Waals surface area (Å²) in [5, 5.41) is 0. The van der Waals surface area contributed by atoms with Gasteiger partial charge in [0.2, 0.25) is 0 Å². The fourth-order valence-corrected chi connectivity index (χ4v) is 6.43. The van der Waals surface area contributed by atoms with E-state index in [1.54, 1.807) is 0 Å². The van der Waals surface area contributed by atoms with Gasteiger partial charge in [-0.2, -0.15) is 0 Å². The maximum absolute atomic E-state index is 6.02. The second kappa shape index (κ2) is 8.30. The second-order valence-corrected chi connectivity index (χ2v) is 7.80. The summed E-state index contributed by atoms with van der Waals surface area (Å²) in [5.41, 5.74) is 0.545. The molecule has 2 unspecified atom stereocenters. The Labute approximate surface area is 114 Å². The van der Waals surface area contributed by atoms with E-state index in [1.807, 2.05) is 20.8 Å². The SMILES string of the molecule is CCCCC1CCC1[Si](OCC)(OCC)OCC. The van der Waals surface area contributed by atoms with Crippen LogP contribution in [0.2, 0.25) is 5.54 Å². The zero-order valence-corrected chi connectivity index (χ0v) is 13.5. The Morgan fingerprint density at radius 1 is 0.889 bits per heavy atom. The van der Waals surface area contributed by atoms with E-state index in [1.165, 1.54) is 32.1 Å². The molecule has 1 aliphatic carbocycles. The average molecular weight is 274 g/mol. The Morgan fingerprint density at radius 3 is 1.78 bits per heavy atom. The predicted octanol–water partition coefficient (Wildman–Crippen LogP) is 4.01. The number of unbranched alkanes of at least 4 members (excludes halogenated alkanes) is 1. The molecule has 0 aromatic carbocycles. The molecule has 0 aliphatic heterocycles. The van der Waals surface area contributed by atoms with Gasteiger partial charge in [-0.1, -0.05) is 26.2 Å². The van der Waals surface area contributed by atoms with E-state index in [4.69, 9.17) is 13.3 Å². The Hall–Kier alpha value is 0.0969. The molecule has 3 nitrogen and oxygen atoms in total. The third kappa shape index (κ3) is 3.79. The molecule has 0 aromatic heterocycles. The van der Waals surface area contributed by atoms with Crippen LogP contribution in [0.3, 0.4) is 0 Å². The van der Waals surface area contributed by atoms with Gasteiger partial charge in [0.1, 0.15) is 0 Å². The summed E-state index contributed by atoms with van der Waals surface area (Å²) in [6, 6.07) is 0. The van der Waals surface area contributed by atoms with Crippen LogP contribution in [0.25, 0.3) is 0 Å². The van der Waals surface area contributed by atoms with Crippen LogP contribution in [0.5, 0.6) is 0 Å². The lowest BCUT2D eigenvalue weighted by Crippen LogP contribution is -2.55. The molecule has 1 saturated carbocycles. The summed E-state index contributed by atoms with van der Waals surface area (Å²) >= 11 is 0. The van der Waals surface area contributed by atoms with Crippen molar-refractivity contribution >= 4 is 8.80 Å². The molecule has 18 heavy (non-hydrogen) atoms. The quantitative estimate of drug-likeness (QED) is 0.563. The van der Waals surface area contributed by atoms with Crippen LogP contribution >= 0.6 is 0 Å². The van der Waals surface area contributed by atoms with Gasteiger partial charge in [-0.3, -0.25) is 0 Å². The first-order valence-electron chi connectivity index (χ1n) is 7.65. The topological polar surface area (TPSA) is 27.7 Å². The van der Waals surface area contributed by atoms with Crippen molar-refractivity contribution in [2.45, 2.75) is 65.3 Å². The van der Waals surface area contributed by atoms with Gasteiger partial charge in [-0.25, -0.2) is 0 Å². The molecular formula is C14H30O3Si. The first-order chi connectivity index (χ1) is 8.74. The minimum Gasteiger partial charge on any atom is -0.374 e. The summed E-state index contributed by atoms with van der Waals surface area (Å²) in [6.45, 7) is 10.5. The highest BCUT2D eigenvalue weighted by Crippen LogP contribution is 2.49. The van der Waals surface area contributed by atoms with Crippen LogP contribution in [-0.2, 0) is 13.3 Å². The molecule has 2 atom stereocenters. The third-order valence-corrected chi connectivity index (χ3v) is 7.58. The van der Waals surface area contributed by atoms with Gasteiger partial charge in [-0.15, -0.1) is 0 Å². The molecule has 0 bridgehead atoms. The predicted molar refractivity (Wildman–Crippen MR) is 76.6 cm³/mol. The third-order valence-electron chi connectivity index (χ3n) is 3.84. The summed E-state index contributed by atoms with van der Waals surface area (Å²) in [4.78, 5) is 0. The molecule has 1 rings (SSSR count). The molecular weight excluding hydrogens is 244 g/mol. The summed E-state index contributed by atoms with van der Waals surface area (Å²) in [6.07, 6.45) is 6.45. The highest BCUT2D eigenvalue weighted by Gasteiger charge is 2.55. The van der Waals surface area contributed by atoms with Crippen molar-refractivity contribution < 1.29 is 13.3 Å². The molecule has 0 radical (unpaired) electrons. The summed E-state index contributed by atoms with van der Waals surface area (Å²) in [7, 11) is -2.43. The highest BCUT2D eigenvalue weighted by molar-refractivity contribution is 6.62. The van der Waals surface area contributed by atoms with Crippen molar-refractivity contribution in [2.24, 2.45) is 5.92 Å². The van der Waals surface area contributed by atoms with Crippen LogP contribution < -0.4 is 0 Å². The molecule has 4 heteroatoms. The van der Waals surface area contributed by atoms with Gasteiger partial charge < -0.3 is 13.3 Å². The first-order valence-corrected chi connectivity index (χ1v) is 9.46. The molecule has 0 spiro atoms. The first kappa shape index (κ1) is 16.2. The zero-order chi connectivity index (χ0) is 13.4. The lowest BCUT2D eigenvalue weighted by molar-refractivity contribution is 0.0362. The van der Waals surface area contributed by atoms with Crippen molar-refractivity contribution in [1.29, 1.82) is 0 Å². The molecule has 1 fully saturated rings. The van der Waals surface area contributed by atoms with E-state index in [-0.39, 0.29) is 0 Å². The number of hydrogen-bond donors (Lipinski definition) is 0. The Kier molecular flexibility index (Phi) is 7.45. The monoisotopic (exact) mass is 274 g/mol. The molecule has 0 aromatic rings. The molecule has 0 N–H and O–H groups in total. The minimum absolute atomic E-state index is 0.545. The molecule has 0 heterocycles. The Bertz CT molecular complexity index is 206. The van der Waals surface area contributed by atoms with Crippen molar-refractivity contribution in [2.75, 3.05) is 19.8 Å². The van der Waals surface area contributed by atoms with E-state index in [9.17, 15) is 0 Å².